The minimum Gasteiger partial charge on any atom is -0.258 e. The molecule has 0 heterocycles. The lowest BCUT2D eigenvalue weighted by molar-refractivity contribution is -0.384. The van der Waals surface area contributed by atoms with Crippen molar-refractivity contribution in [1.82, 2.24) is 0 Å². The summed E-state index contributed by atoms with van der Waals surface area (Å²) in [6.45, 7) is 1.88. The van der Waals surface area contributed by atoms with Crippen molar-refractivity contribution < 1.29 is 13.3 Å². The van der Waals surface area contributed by atoms with Crippen molar-refractivity contribution in [3.8, 4) is 0 Å². The Morgan fingerprint density at radius 2 is 1.57 bits per heavy atom. The van der Waals surface area contributed by atoms with E-state index >= 15 is 0 Å². The van der Waals surface area contributed by atoms with Gasteiger partial charge in [0.15, 0.2) is 0 Å². The van der Waals surface area contributed by atoms with Crippen LogP contribution >= 0.6 is 20.6 Å². The van der Waals surface area contributed by atoms with Crippen molar-refractivity contribution in [3.05, 3.63) is 64.2 Å². The molecule has 0 saturated carbocycles. The molecule has 0 bridgehead atoms. The van der Waals surface area contributed by atoms with E-state index in [0.717, 1.165) is 26.2 Å². The van der Waals surface area contributed by atoms with Crippen LogP contribution < -0.4 is 0 Å². The molecule has 2 aromatic rings. The Balaban J connectivity index is 2.08. The van der Waals surface area contributed by atoms with E-state index in [1.807, 2.05) is 6.92 Å². The number of rotatable bonds is 5. The first-order valence-electron chi connectivity index (χ1n) is 5.81. The van der Waals surface area contributed by atoms with Crippen molar-refractivity contribution in [2.75, 3.05) is 0 Å². The Labute approximate surface area is 129 Å². The number of hydrogen-bond donors (Lipinski definition) is 0. The average molecular weight is 341 g/mol. The average Bonchev–Trinajstić information content (AvgIpc) is 2.46. The summed E-state index contributed by atoms with van der Waals surface area (Å²) in [4.78, 5) is 10.9. The molecule has 0 aliphatic heterocycles. The fourth-order valence-corrected chi connectivity index (χ4v) is 6.04. The van der Waals surface area contributed by atoms with Gasteiger partial charge in [-0.05, 0) is 42.0 Å². The second-order valence-corrected chi connectivity index (χ2v) is 9.77. The molecule has 110 valence electrons. The summed E-state index contributed by atoms with van der Waals surface area (Å²) in [6.07, 6.45) is 0. The second-order valence-electron chi connectivity index (χ2n) is 4.17. The SMILES string of the molecule is Cc1ccc(S(=O)(=O)SSc2ccc([N+](=O)[O-])cc2)cc1. The first-order chi connectivity index (χ1) is 9.88. The van der Waals surface area contributed by atoms with Crippen LogP contribution in [0.2, 0.25) is 0 Å². The predicted molar refractivity (Wildman–Crippen MR) is 84.9 cm³/mol. The van der Waals surface area contributed by atoms with Crippen molar-refractivity contribution in [2.45, 2.75) is 16.7 Å². The van der Waals surface area contributed by atoms with Crippen molar-refractivity contribution in [1.29, 1.82) is 0 Å². The van der Waals surface area contributed by atoms with Gasteiger partial charge in [-0.25, -0.2) is 8.42 Å². The quantitative estimate of drug-likeness (QED) is 0.464. The van der Waals surface area contributed by atoms with E-state index in [0.29, 0.717) is 4.90 Å². The Morgan fingerprint density at radius 1 is 1.00 bits per heavy atom. The van der Waals surface area contributed by atoms with E-state index in [-0.39, 0.29) is 10.6 Å². The van der Waals surface area contributed by atoms with Gasteiger partial charge in [0.25, 0.3) is 5.69 Å². The summed E-state index contributed by atoms with van der Waals surface area (Å²) < 4.78 is 24.3. The lowest BCUT2D eigenvalue weighted by Gasteiger charge is -2.03. The van der Waals surface area contributed by atoms with Gasteiger partial charge in [-0.1, -0.05) is 17.7 Å². The van der Waals surface area contributed by atoms with Gasteiger partial charge in [0.05, 0.1) is 9.82 Å². The lowest BCUT2D eigenvalue weighted by Crippen LogP contribution is -1.93. The number of nitro benzene ring substituents is 1. The molecule has 0 spiro atoms. The molecule has 0 aliphatic rings. The monoisotopic (exact) mass is 341 g/mol. The molecule has 2 aromatic carbocycles. The van der Waals surface area contributed by atoms with Crippen molar-refractivity contribution >= 4 is 35.2 Å². The predicted octanol–water partition coefficient (Wildman–Crippen LogP) is 4.03. The summed E-state index contributed by atoms with van der Waals surface area (Å²) in [5, 5.41) is 10.5. The van der Waals surface area contributed by atoms with E-state index in [4.69, 9.17) is 0 Å². The maximum absolute atomic E-state index is 12.1. The van der Waals surface area contributed by atoms with Crippen LogP contribution in [0.1, 0.15) is 5.56 Å². The standard InChI is InChI=1S/C13H11NO4S3/c1-10-2-8-13(9-3-10)21(17,18)20-19-12-6-4-11(5-7-12)14(15)16/h2-9H,1H3. The summed E-state index contributed by atoms with van der Waals surface area (Å²) in [5.41, 5.74) is 0.965. The molecule has 2 rings (SSSR count). The van der Waals surface area contributed by atoms with Crippen LogP contribution in [0.3, 0.4) is 0 Å². The van der Waals surface area contributed by atoms with Gasteiger partial charge < -0.3 is 0 Å². The van der Waals surface area contributed by atoms with Gasteiger partial charge in [-0.3, -0.25) is 10.1 Å². The highest BCUT2D eigenvalue weighted by Gasteiger charge is 2.16. The zero-order valence-electron chi connectivity index (χ0n) is 10.9. The maximum Gasteiger partial charge on any atom is 0.269 e. The van der Waals surface area contributed by atoms with Crippen LogP contribution in [0.15, 0.2) is 58.3 Å². The molecule has 8 heteroatoms. The molecule has 5 nitrogen and oxygen atoms in total. The van der Waals surface area contributed by atoms with Crippen LogP contribution in [-0.2, 0) is 8.87 Å². The van der Waals surface area contributed by atoms with Crippen molar-refractivity contribution in [3.63, 3.8) is 0 Å². The third kappa shape index (κ3) is 4.23. The molecule has 21 heavy (non-hydrogen) atoms. The summed E-state index contributed by atoms with van der Waals surface area (Å²) in [5.74, 6) is 0. The zero-order chi connectivity index (χ0) is 15.5. The molecule has 0 aromatic heterocycles. The number of hydrogen-bond acceptors (Lipinski definition) is 6. The van der Waals surface area contributed by atoms with E-state index in [1.54, 1.807) is 24.3 Å². The molecule has 0 atom stereocenters. The van der Waals surface area contributed by atoms with Crippen LogP contribution in [0, 0.1) is 17.0 Å². The summed E-state index contributed by atoms with van der Waals surface area (Å²) in [6, 6.07) is 12.4. The highest BCUT2D eigenvalue weighted by molar-refractivity contribution is 9.06. The van der Waals surface area contributed by atoms with E-state index in [1.165, 1.54) is 24.3 Å². The molecular formula is C13H11NO4S3. The molecule has 0 aliphatic carbocycles. The number of nitro groups is 1. The highest BCUT2D eigenvalue weighted by Crippen LogP contribution is 2.39. The molecular weight excluding hydrogens is 330 g/mol. The summed E-state index contributed by atoms with van der Waals surface area (Å²) >= 11 is 0. The first-order valence-corrected chi connectivity index (χ1v) is 9.96. The highest BCUT2D eigenvalue weighted by atomic mass is 33.5. The molecule has 0 amide bonds. The number of aryl methyl sites for hydroxylation is 1. The lowest BCUT2D eigenvalue weighted by atomic mass is 10.2. The Hall–Kier alpha value is -1.51. The van der Waals surface area contributed by atoms with Crippen LogP contribution in [0.25, 0.3) is 0 Å². The van der Waals surface area contributed by atoms with Crippen LogP contribution in [0.5, 0.6) is 0 Å². The fourth-order valence-electron chi connectivity index (χ4n) is 1.45. The minimum atomic E-state index is -3.46. The maximum atomic E-state index is 12.1. The van der Waals surface area contributed by atoms with Gasteiger partial charge in [0.1, 0.15) is 0 Å². The molecule has 0 saturated heterocycles. The molecule has 0 fully saturated rings. The van der Waals surface area contributed by atoms with E-state index in [9.17, 15) is 18.5 Å². The minimum absolute atomic E-state index is 0.0225. The molecule has 0 unspecified atom stereocenters. The smallest absolute Gasteiger partial charge is 0.258 e. The zero-order valence-corrected chi connectivity index (χ0v) is 13.4. The van der Waals surface area contributed by atoms with E-state index in [2.05, 4.69) is 0 Å². The topological polar surface area (TPSA) is 77.3 Å². The Bertz CT molecular complexity index is 740. The Kier molecular flexibility index (Phi) is 4.92. The van der Waals surface area contributed by atoms with Gasteiger partial charge in [-0.2, -0.15) is 0 Å². The van der Waals surface area contributed by atoms with Crippen LogP contribution in [-0.4, -0.2) is 13.3 Å². The number of nitrogens with zero attached hydrogens (tertiary/aromatic N) is 1. The third-order valence-corrected chi connectivity index (χ3v) is 8.26. The molecule has 0 N–H and O–H groups in total. The Morgan fingerprint density at radius 3 is 2.10 bits per heavy atom. The number of non-ortho nitro benzene ring substituents is 1. The first kappa shape index (κ1) is 15.9. The van der Waals surface area contributed by atoms with Crippen molar-refractivity contribution in [2.24, 2.45) is 0 Å². The fraction of sp³-hybridized carbons (Fsp3) is 0.0769. The third-order valence-electron chi connectivity index (χ3n) is 2.58. The van der Waals surface area contributed by atoms with Gasteiger partial charge in [0, 0.05) is 26.9 Å². The normalized spacial score (nSPS) is 11.3. The van der Waals surface area contributed by atoms with E-state index < -0.39 is 13.8 Å². The molecule has 0 radical (unpaired) electrons. The summed E-state index contributed by atoms with van der Waals surface area (Å²) in [7, 11) is -1.68. The largest absolute Gasteiger partial charge is 0.269 e. The second kappa shape index (κ2) is 6.50. The number of benzene rings is 2. The van der Waals surface area contributed by atoms with Gasteiger partial charge in [0.2, 0.25) is 8.87 Å². The van der Waals surface area contributed by atoms with Crippen LogP contribution in [0.4, 0.5) is 5.69 Å². The van der Waals surface area contributed by atoms with Gasteiger partial charge >= 0.3 is 0 Å². The van der Waals surface area contributed by atoms with Gasteiger partial charge in [-0.15, -0.1) is 0 Å².